The summed E-state index contributed by atoms with van der Waals surface area (Å²) >= 11 is 1.28. The van der Waals surface area contributed by atoms with Crippen LogP contribution in [0.3, 0.4) is 0 Å². The first-order valence-corrected chi connectivity index (χ1v) is 7.65. The Hall–Kier alpha value is -1.23. The molecule has 102 valence electrons. The Morgan fingerprint density at radius 2 is 2.11 bits per heavy atom. The number of carbonyl (C=O) groups excluding carboxylic acids is 2. The number of thiazole rings is 1. The van der Waals surface area contributed by atoms with Crippen molar-refractivity contribution in [2.75, 3.05) is 5.32 Å². The molecule has 0 spiro atoms. The molecule has 0 aliphatic heterocycles. The van der Waals surface area contributed by atoms with Crippen LogP contribution in [0.25, 0.3) is 0 Å². The molecule has 1 amide bonds. The van der Waals surface area contributed by atoms with Gasteiger partial charge in [0.25, 0.3) is 0 Å². The number of aromatic nitrogens is 1. The maximum absolute atomic E-state index is 12.3. The fourth-order valence-electron chi connectivity index (χ4n) is 3.54. The molecule has 1 N–H and O–H groups in total. The molecular formula is C14H18N2O2S. The van der Waals surface area contributed by atoms with Gasteiger partial charge in [0.1, 0.15) is 0 Å². The first-order chi connectivity index (χ1) is 9.04. The van der Waals surface area contributed by atoms with Crippen molar-refractivity contribution in [3.63, 3.8) is 0 Å². The number of hydrogen-bond acceptors (Lipinski definition) is 4. The summed E-state index contributed by atoms with van der Waals surface area (Å²) in [5, 5.41) is 3.47. The molecule has 2 fully saturated rings. The summed E-state index contributed by atoms with van der Waals surface area (Å²) in [6.07, 6.45) is 4.73. The van der Waals surface area contributed by atoms with E-state index in [0.29, 0.717) is 21.6 Å². The smallest absolute Gasteiger partial charge is 0.229 e. The van der Waals surface area contributed by atoms with Gasteiger partial charge in [-0.15, -0.1) is 0 Å². The zero-order valence-electron chi connectivity index (χ0n) is 11.2. The highest BCUT2D eigenvalue weighted by Crippen LogP contribution is 2.48. The lowest BCUT2D eigenvalue weighted by Crippen LogP contribution is -2.27. The van der Waals surface area contributed by atoms with Crippen molar-refractivity contribution < 1.29 is 9.59 Å². The molecule has 3 rings (SSSR count). The number of hydrogen-bond donors (Lipinski definition) is 1. The number of carbonyl (C=O) groups is 2. The van der Waals surface area contributed by atoms with Crippen LogP contribution in [0, 0.1) is 24.7 Å². The second-order valence-electron chi connectivity index (χ2n) is 5.76. The first kappa shape index (κ1) is 12.8. The molecule has 0 saturated heterocycles. The molecule has 2 saturated carbocycles. The van der Waals surface area contributed by atoms with Crippen molar-refractivity contribution in [1.29, 1.82) is 0 Å². The minimum atomic E-state index is 0.00965. The summed E-state index contributed by atoms with van der Waals surface area (Å²) in [7, 11) is 0. The molecule has 2 aliphatic rings. The standard InChI is InChI=1S/C14H18N2O2S/c1-7-12(8(2)17)19-14(15-7)16-13(18)11-6-9-3-4-10(11)5-9/h9-11H,3-6H2,1-2H3,(H,15,16,18)/t9-,10-,11+/m0/s1. The van der Waals surface area contributed by atoms with Crippen LogP contribution in [0.15, 0.2) is 0 Å². The van der Waals surface area contributed by atoms with E-state index in [1.165, 1.54) is 37.5 Å². The fraction of sp³-hybridized carbons (Fsp3) is 0.643. The van der Waals surface area contributed by atoms with E-state index in [2.05, 4.69) is 10.3 Å². The van der Waals surface area contributed by atoms with E-state index in [4.69, 9.17) is 0 Å². The van der Waals surface area contributed by atoms with Crippen LogP contribution < -0.4 is 5.32 Å². The molecule has 3 atom stereocenters. The van der Waals surface area contributed by atoms with Gasteiger partial charge in [-0.1, -0.05) is 17.8 Å². The predicted octanol–water partition coefficient (Wildman–Crippen LogP) is 3.03. The van der Waals surface area contributed by atoms with E-state index in [1.807, 2.05) is 0 Å². The van der Waals surface area contributed by atoms with Crippen molar-refractivity contribution in [2.24, 2.45) is 17.8 Å². The lowest BCUT2D eigenvalue weighted by Gasteiger charge is -2.19. The third-order valence-corrected chi connectivity index (χ3v) is 5.60. The maximum Gasteiger partial charge on any atom is 0.229 e. The Kier molecular flexibility index (Phi) is 3.17. The van der Waals surface area contributed by atoms with E-state index in [9.17, 15) is 9.59 Å². The number of amides is 1. The van der Waals surface area contributed by atoms with E-state index < -0.39 is 0 Å². The lowest BCUT2D eigenvalue weighted by atomic mass is 9.88. The van der Waals surface area contributed by atoms with Crippen LogP contribution in [0.5, 0.6) is 0 Å². The summed E-state index contributed by atoms with van der Waals surface area (Å²) in [5.74, 6) is 1.58. The molecule has 5 heteroatoms. The number of anilines is 1. The van der Waals surface area contributed by atoms with Crippen LogP contribution in [-0.2, 0) is 4.79 Å². The molecule has 0 aromatic carbocycles. The third kappa shape index (κ3) is 2.31. The Morgan fingerprint density at radius 3 is 2.63 bits per heavy atom. The van der Waals surface area contributed by atoms with Crippen LogP contribution in [0.2, 0.25) is 0 Å². The Bertz CT molecular complexity index is 538. The Balaban J connectivity index is 1.70. The van der Waals surface area contributed by atoms with Gasteiger partial charge in [-0.2, -0.15) is 0 Å². The number of aryl methyl sites for hydroxylation is 1. The molecule has 4 nitrogen and oxygen atoms in total. The molecule has 2 aliphatic carbocycles. The summed E-state index contributed by atoms with van der Waals surface area (Å²) in [4.78, 5) is 28.6. The van der Waals surface area contributed by atoms with Crippen molar-refractivity contribution in [3.05, 3.63) is 10.6 Å². The minimum Gasteiger partial charge on any atom is -0.302 e. The molecule has 1 aromatic rings. The van der Waals surface area contributed by atoms with Gasteiger partial charge in [-0.05, 0) is 38.0 Å². The molecule has 1 heterocycles. The van der Waals surface area contributed by atoms with E-state index in [1.54, 1.807) is 6.92 Å². The minimum absolute atomic E-state index is 0.00965. The first-order valence-electron chi connectivity index (χ1n) is 6.84. The largest absolute Gasteiger partial charge is 0.302 e. The second-order valence-corrected chi connectivity index (χ2v) is 6.76. The highest BCUT2D eigenvalue weighted by Gasteiger charge is 2.43. The van der Waals surface area contributed by atoms with Gasteiger partial charge in [-0.25, -0.2) is 4.98 Å². The van der Waals surface area contributed by atoms with E-state index in [-0.39, 0.29) is 17.6 Å². The highest BCUT2D eigenvalue weighted by molar-refractivity contribution is 7.17. The van der Waals surface area contributed by atoms with E-state index >= 15 is 0 Å². The Morgan fingerprint density at radius 1 is 1.32 bits per heavy atom. The number of ketones is 1. The number of rotatable bonds is 3. The maximum atomic E-state index is 12.3. The third-order valence-electron chi connectivity index (χ3n) is 4.42. The van der Waals surface area contributed by atoms with Crippen molar-refractivity contribution in [1.82, 2.24) is 4.98 Å². The van der Waals surface area contributed by atoms with Crippen LogP contribution in [0.1, 0.15) is 48.0 Å². The van der Waals surface area contributed by atoms with Gasteiger partial charge < -0.3 is 5.32 Å². The molecule has 0 radical (unpaired) electrons. The van der Waals surface area contributed by atoms with Gasteiger partial charge in [0.15, 0.2) is 10.9 Å². The molecule has 0 unspecified atom stereocenters. The average molecular weight is 278 g/mol. The molecule has 2 bridgehead atoms. The fourth-order valence-corrected chi connectivity index (χ4v) is 4.41. The summed E-state index contributed by atoms with van der Waals surface area (Å²) in [5.41, 5.74) is 0.709. The SMILES string of the molecule is CC(=O)c1sc(NC(=O)[C@@H]2C[C@H]3CC[C@H]2C3)nc1C. The van der Waals surface area contributed by atoms with Crippen LogP contribution >= 0.6 is 11.3 Å². The number of nitrogens with one attached hydrogen (secondary N) is 1. The second kappa shape index (κ2) is 4.71. The number of fused-ring (bicyclic) bond motifs is 2. The average Bonchev–Trinajstić information content (AvgIpc) is 3.03. The lowest BCUT2D eigenvalue weighted by molar-refractivity contribution is -0.121. The van der Waals surface area contributed by atoms with E-state index in [0.717, 1.165) is 12.3 Å². The van der Waals surface area contributed by atoms with Crippen molar-refractivity contribution >= 4 is 28.2 Å². The monoisotopic (exact) mass is 278 g/mol. The van der Waals surface area contributed by atoms with Gasteiger partial charge in [0, 0.05) is 12.8 Å². The van der Waals surface area contributed by atoms with Crippen molar-refractivity contribution in [3.8, 4) is 0 Å². The van der Waals surface area contributed by atoms with Crippen LogP contribution in [-0.4, -0.2) is 16.7 Å². The quantitative estimate of drug-likeness (QED) is 0.865. The van der Waals surface area contributed by atoms with Gasteiger partial charge >= 0.3 is 0 Å². The normalized spacial score (nSPS) is 28.6. The molecular weight excluding hydrogens is 260 g/mol. The van der Waals surface area contributed by atoms with Gasteiger partial charge in [0.05, 0.1) is 10.6 Å². The molecule has 1 aromatic heterocycles. The van der Waals surface area contributed by atoms with Gasteiger partial charge in [-0.3, -0.25) is 9.59 Å². The zero-order valence-corrected chi connectivity index (χ0v) is 12.0. The highest BCUT2D eigenvalue weighted by atomic mass is 32.1. The topological polar surface area (TPSA) is 59.1 Å². The van der Waals surface area contributed by atoms with Gasteiger partial charge in [0.2, 0.25) is 5.91 Å². The number of nitrogens with zero attached hydrogens (tertiary/aromatic N) is 1. The number of Topliss-reactive ketones (excluding diaryl/α,β-unsaturated/α-hetero) is 1. The molecule has 19 heavy (non-hydrogen) atoms. The van der Waals surface area contributed by atoms with Crippen LogP contribution in [0.4, 0.5) is 5.13 Å². The zero-order chi connectivity index (χ0) is 13.6. The van der Waals surface area contributed by atoms with Crippen molar-refractivity contribution in [2.45, 2.75) is 39.5 Å². The summed E-state index contributed by atoms with van der Waals surface area (Å²) < 4.78 is 0. The summed E-state index contributed by atoms with van der Waals surface area (Å²) in [6.45, 7) is 3.34. The summed E-state index contributed by atoms with van der Waals surface area (Å²) in [6, 6.07) is 0. The predicted molar refractivity (Wildman–Crippen MR) is 74.4 cm³/mol. The Labute approximate surface area is 116 Å².